The molecular weight excluding hydrogens is 503 g/mol. The van der Waals surface area contributed by atoms with E-state index in [9.17, 15) is 0 Å². The molecule has 4 aromatic rings. The zero-order valence-corrected chi connectivity index (χ0v) is 24.6. The first-order valence-corrected chi connectivity index (χ1v) is 14.8. The lowest BCUT2D eigenvalue weighted by atomic mass is 9.62. The summed E-state index contributed by atoms with van der Waals surface area (Å²) < 4.78 is 19.8. The van der Waals surface area contributed by atoms with Crippen LogP contribution in [0.25, 0.3) is 10.8 Å². The van der Waals surface area contributed by atoms with E-state index in [-0.39, 0.29) is 17.1 Å². The number of hydrogen-bond donors (Lipinski definition) is 0. The van der Waals surface area contributed by atoms with Crippen LogP contribution in [0, 0.1) is 0 Å². The van der Waals surface area contributed by atoms with Gasteiger partial charge in [0, 0.05) is 17.5 Å². The number of para-hydroxylation sites is 2. The van der Waals surface area contributed by atoms with E-state index in [0.29, 0.717) is 0 Å². The van der Waals surface area contributed by atoms with E-state index >= 15 is 0 Å². The largest absolute Gasteiger partial charge is 0.494 e. The molecule has 1 fully saturated rings. The van der Waals surface area contributed by atoms with Crippen LogP contribution < -0.4 is 4.74 Å². The van der Waals surface area contributed by atoms with Gasteiger partial charge in [-0.05, 0) is 85.6 Å². The van der Waals surface area contributed by atoms with Crippen molar-refractivity contribution < 1.29 is 14.0 Å². The summed E-state index contributed by atoms with van der Waals surface area (Å²) in [4.78, 5) is 0. The van der Waals surface area contributed by atoms with Gasteiger partial charge in [0.05, 0.1) is 16.6 Å². The molecular formula is C37H37BO3. The summed E-state index contributed by atoms with van der Waals surface area (Å²) in [6.07, 6.45) is 8.49. The summed E-state index contributed by atoms with van der Waals surface area (Å²) in [6.45, 7) is 11.0. The molecule has 3 aliphatic rings. The SMILES string of the molecule is CC1/C=C\C(B2OC(C)(C)CC(C)(C)O2)=C/CC2(c3ccccc3Oc3ccccc32)c2cc3ccccc3cc21. The van der Waals surface area contributed by atoms with Crippen LogP contribution in [0.15, 0.2) is 109 Å². The van der Waals surface area contributed by atoms with Crippen LogP contribution in [0.4, 0.5) is 0 Å². The Labute approximate surface area is 244 Å². The minimum atomic E-state index is -0.462. The molecule has 1 atom stereocenters. The first-order valence-electron chi connectivity index (χ1n) is 14.8. The molecule has 3 nitrogen and oxygen atoms in total. The lowest BCUT2D eigenvalue weighted by molar-refractivity contribution is -0.0731. The van der Waals surface area contributed by atoms with Crippen LogP contribution in [0.3, 0.4) is 0 Å². The second-order valence-electron chi connectivity index (χ2n) is 13.1. The number of fused-ring (bicyclic) bond motifs is 7. The normalized spacial score (nSPS) is 24.0. The van der Waals surface area contributed by atoms with Crippen molar-refractivity contribution in [1.82, 2.24) is 0 Å². The van der Waals surface area contributed by atoms with Crippen LogP contribution in [-0.4, -0.2) is 18.3 Å². The Morgan fingerprint density at radius 2 is 1.27 bits per heavy atom. The summed E-state index contributed by atoms with van der Waals surface area (Å²) in [6, 6.07) is 30.6. The minimum absolute atomic E-state index is 0.166. The average molecular weight is 541 g/mol. The van der Waals surface area contributed by atoms with E-state index in [1.165, 1.54) is 33.0 Å². The highest BCUT2D eigenvalue weighted by molar-refractivity contribution is 6.55. The van der Waals surface area contributed by atoms with E-state index in [1.54, 1.807) is 0 Å². The van der Waals surface area contributed by atoms with Crippen LogP contribution in [0.5, 0.6) is 11.5 Å². The van der Waals surface area contributed by atoms with Gasteiger partial charge in [0.2, 0.25) is 0 Å². The first kappa shape index (κ1) is 26.3. The Balaban J connectivity index is 1.52. The maximum Gasteiger partial charge on any atom is 0.494 e. The Kier molecular flexibility index (Phi) is 6.08. The van der Waals surface area contributed by atoms with Gasteiger partial charge in [-0.1, -0.05) is 91.9 Å². The van der Waals surface area contributed by atoms with Crippen molar-refractivity contribution in [1.29, 1.82) is 0 Å². The van der Waals surface area contributed by atoms with Crippen molar-refractivity contribution in [2.45, 2.75) is 70.0 Å². The van der Waals surface area contributed by atoms with Gasteiger partial charge in [0.15, 0.2) is 0 Å². The summed E-state index contributed by atoms with van der Waals surface area (Å²) in [5.74, 6) is 1.99. The molecule has 0 amide bonds. The maximum absolute atomic E-state index is 6.61. The van der Waals surface area contributed by atoms with E-state index in [2.05, 4.69) is 138 Å². The highest BCUT2D eigenvalue weighted by Gasteiger charge is 2.47. The molecule has 0 N–H and O–H groups in total. The Morgan fingerprint density at radius 3 is 1.90 bits per heavy atom. The van der Waals surface area contributed by atoms with Crippen LogP contribution in [0.1, 0.15) is 75.6 Å². The van der Waals surface area contributed by atoms with Crippen molar-refractivity contribution in [2.24, 2.45) is 0 Å². The first-order chi connectivity index (χ1) is 19.7. The number of rotatable bonds is 1. The highest BCUT2D eigenvalue weighted by Crippen LogP contribution is 2.56. The third-order valence-corrected chi connectivity index (χ3v) is 8.98. The van der Waals surface area contributed by atoms with Gasteiger partial charge in [-0.15, -0.1) is 0 Å². The summed E-state index contributed by atoms with van der Waals surface area (Å²) in [7, 11) is -0.445. The second kappa shape index (κ2) is 9.47. The smallest absolute Gasteiger partial charge is 0.457 e. The Morgan fingerprint density at radius 1 is 0.707 bits per heavy atom. The molecule has 1 spiro atoms. The molecule has 2 aliphatic heterocycles. The number of ether oxygens (including phenoxy) is 1. The van der Waals surface area contributed by atoms with Crippen molar-refractivity contribution in [2.75, 3.05) is 0 Å². The molecule has 4 heteroatoms. The molecule has 0 aromatic heterocycles. The van der Waals surface area contributed by atoms with Gasteiger partial charge >= 0.3 is 7.12 Å². The van der Waals surface area contributed by atoms with E-state index in [1.807, 2.05) is 0 Å². The van der Waals surface area contributed by atoms with E-state index < -0.39 is 12.5 Å². The fourth-order valence-electron chi connectivity index (χ4n) is 7.43. The molecule has 2 heterocycles. The summed E-state index contributed by atoms with van der Waals surface area (Å²) in [5, 5.41) is 2.50. The third kappa shape index (κ3) is 4.45. The third-order valence-electron chi connectivity index (χ3n) is 8.98. The topological polar surface area (TPSA) is 27.7 Å². The summed E-state index contributed by atoms with van der Waals surface area (Å²) in [5.41, 5.74) is 5.04. The quantitative estimate of drug-likeness (QED) is 0.225. The lowest BCUT2D eigenvalue weighted by Gasteiger charge is -2.44. The molecule has 4 aromatic carbocycles. The molecule has 0 radical (unpaired) electrons. The Hall–Kier alpha value is -3.60. The molecule has 0 saturated carbocycles. The van der Waals surface area contributed by atoms with Gasteiger partial charge in [-0.3, -0.25) is 0 Å². The van der Waals surface area contributed by atoms with Gasteiger partial charge in [0.1, 0.15) is 11.5 Å². The number of benzene rings is 4. The van der Waals surface area contributed by atoms with Gasteiger partial charge in [-0.2, -0.15) is 0 Å². The zero-order chi connectivity index (χ0) is 28.4. The van der Waals surface area contributed by atoms with Crippen LogP contribution in [0.2, 0.25) is 0 Å². The fraction of sp³-hybridized carbons (Fsp3) is 0.297. The van der Waals surface area contributed by atoms with Crippen molar-refractivity contribution in [3.8, 4) is 11.5 Å². The van der Waals surface area contributed by atoms with E-state index in [0.717, 1.165) is 29.8 Å². The predicted octanol–water partition coefficient (Wildman–Crippen LogP) is 9.29. The van der Waals surface area contributed by atoms with Crippen LogP contribution in [-0.2, 0) is 14.7 Å². The average Bonchev–Trinajstić information content (AvgIpc) is 2.99. The van der Waals surface area contributed by atoms with Gasteiger partial charge < -0.3 is 14.0 Å². The monoisotopic (exact) mass is 540 g/mol. The standard InChI is InChI=1S/C37H37BO3/c1-25-18-19-28(38-40-35(2,3)24-36(4,5)41-38)20-21-37(32-23-27-13-7-6-12-26(27)22-29(25)32)30-14-8-10-16-33(30)39-34-17-11-9-15-31(34)37/h6-20,22-23,25H,21,24H2,1-5H3/b19-18-,28-20+. The molecule has 1 saturated heterocycles. The molecule has 0 bridgehead atoms. The van der Waals surface area contributed by atoms with Crippen molar-refractivity contribution in [3.63, 3.8) is 0 Å². The summed E-state index contributed by atoms with van der Waals surface area (Å²) >= 11 is 0. The van der Waals surface area contributed by atoms with Crippen molar-refractivity contribution in [3.05, 3.63) is 131 Å². The fourth-order valence-corrected chi connectivity index (χ4v) is 7.43. The second-order valence-corrected chi connectivity index (χ2v) is 13.1. The predicted molar refractivity (Wildman–Crippen MR) is 168 cm³/mol. The van der Waals surface area contributed by atoms with Gasteiger partial charge in [0.25, 0.3) is 0 Å². The highest BCUT2D eigenvalue weighted by atomic mass is 16.6. The maximum atomic E-state index is 6.61. The molecule has 1 aliphatic carbocycles. The van der Waals surface area contributed by atoms with Crippen LogP contribution >= 0.6 is 0 Å². The lowest BCUT2D eigenvalue weighted by Crippen LogP contribution is -2.52. The zero-order valence-electron chi connectivity index (χ0n) is 24.6. The van der Waals surface area contributed by atoms with Gasteiger partial charge in [-0.25, -0.2) is 0 Å². The number of allylic oxidation sites excluding steroid dienone is 4. The van der Waals surface area contributed by atoms with E-state index in [4.69, 9.17) is 14.0 Å². The molecule has 1 unspecified atom stereocenters. The molecule has 41 heavy (non-hydrogen) atoms. The molecule has 206 valence electrons. The minimum Gasteiger partial charge on any atom is -0.457 e. The number of hydrogen-bond acceptors (Lipinski definition) is 3. The molecule has 7 rings (SSSR count). The Bertz CT molecular complexity index is 1650. The van der Waals surface area contributed by atoms with Crippen molar-refractivity contribution >= 4 is 17.9 Å².